The van der Waals surface area contributed by atoms with E-state index >= 15 is 0 Å². The van der Waals surface area contributed by atoms with Gasteiger partial charge >= 0.3 is 0 Å². The second-order valence-corrected chi connectivity index (χ2v) is 3.81. The van der Waals surface area contributed by atoms with Crippen molar-refractivity contribution >= 4 is 24.0 Å². The van der Waals surface area contributed by atoms with E-state index in [0.717, 1.165) is 21.9 Å². The van der Waals surface area contributed by atoms with Gasteiger partial charge < -0.3 is 5.11 Å². The maximum absolute atomic E-state index is 8.77. The molecule has 0 aliphatic heterocycles. The van der Waals surface area contributed by atoms with Crippen LogP contribution in [0.25, 0.3) is 0 Å². The summed E-state index contributed by atoms with van der Waals surface area (Å²) in [6.45, 7) is 0.110. The number of aliphatic hydroxyl groups is 1. The first-order valence-electron chi connectivity index (χ1n) is 3.66. The van der Waals surface area contributed by atoms with Crippen LogP contribution < -0.4 is 0 Å². The van der Waals surface area contributed by atoms with E-state index in [4.69, 9.17) is 5.11 Å². The molecule has 0 amide bonds. The molecule has 0 atom stereocenters. The molecule has 1 nitrogen and oxygen atoms in total. The van der Waals surface area contributed by atoms with E-state index in [-0.39, 0.29) is 6.61 Å². The summed E-state index contributed by atoms with van der Waals surface area (Å²) in [5, 5.41) is 8.77. The van der Waals surface area contributed by atoms with Gasteiger partial charge in [-0.05, 0) is 12.1 Å². The van der Waals surface area contributed by atoms with E-state index in [1.165, 1.54) is 11.3 Å². The van der Waals surface area contributed by atoms with Gasteiger partial charge in [0.1, 0.15) is 0 Å². The molecule has 1 aromatic heterocycles. The zero-order valence-electron chi connectivity index (χ0n) is 6.58. The molecular formula is C9H10OS2. The molecule has 64 valence electrons. The number of rotatable bonds is 2. The van der Waals surface area contributed by atoms with Crippen molar-refractivity contribution in [2.45, 2.75) is 13.0 Å². The molecular weight excluding hydrogens is 188 g/mol. The first-order valence-corrected chi connectivity index (χ1v) is 5.11. The molecule has 0 aliphatic carbocycles. The minimum Gasteiger partial charge on any atom is -0.391 e. The summed E-state index contributed by atoms with van der Waals surface area (Å²) >= 11 is 5.59. The summed E-state index contributed by atoms with van der Waals surface area (Å²) in [7, 11) is 0. The zero-order chi connectivity index (χ0) is 8.81. The molecule has 1 rings (SSSR count). The molecule has 3 heteroatoms. The molecule has 0 aromatic carbocycles. The Balaban J connectivity index is 2.59. The minimum absolute atomic E-state index is 0.110. The third-order valence-corrected chi connectivity index (χ3v) is 2.47. The van der Waals surface area contributed by atoms with Crippen molar-refractivity contribution in [3.63, 3.8) is 0 Å². The molecule has 1 heterocycles. The Morgan fingerprint density at radius 3 is 2.92 bits per heavy atom. The summed E-state index contributed by atoms with van der Waals surface area (Å²) in [5.74, 6) is 6.80. The van der Waals surface area contributed by atoms with Gasteiger partial charge in [0.05, 0.1) is 11.5 Å². The van der Waals surface area contributed by atoms with Crippen LogP contribution in [-0.4, -0.2) is 10.9 Å². The van der Waals surface area contributed by atoms with Gasteiger partial charge in [-0.3, -0.25) is 0 Å². The largest absolute Gasteiger partial charge is 0.391 e. The second kappa shape index (κ2) is 5.26. The predicted molar refractivity (Wildman–Crippen MR) is 55.6 cm³/mol. The molecule has 1 aromatic rings. The van der Waals surface area contributed by atoms with Gasteiger partial charge in [0, 0.05) is 17.1 Å². The summed E-state index contributed by atoms with van der Waals surface area (Å²) in [4.78, 5) is 1.98. The number of hydrogen-bond donors (Lipinski definition) is 2. The first-order chi connectivity index (χ1) is 5.86. The molecule has 0 unspecified atom stereocenters. The highest BCUT2D eigenvalue weighted by Crippen LogP contribution is 2.14. The fourth-order valence-corrected chi connectivity index (χ4v) is 1.59. The average molecular weight is 198 g/mol. The number of hydrogen-bond acceptors (Lipinski definition) is 3. The lowest BCUT2D eigenvalue weighted by molar-refractivity contribution is 0.285. The SMILES string of the molecule is OCc1ccc(C#CCCS)s1. The Morgan fingerprint density at radius 2 is 2.33 bits per heavy atom. The highest BCUT2D eigenvalue weighted by molar-refractivity contribution is 7.80. The van der Waals surface area contributed by atoms with E-state index in [1.54, 1.807) is 0 Å². The van der Waals surface area contributed by atoms with E-state index in [1.807, 2.05) is 12.1 Å². The molecule has 0 bridgehead atoms. The number of aliphatic hydroxyl groups excluding tert-OH is 1. The minimum atomic E-state index is 0.110. The topological polar surface area (TPSA) is 20.2 Å². The maximum atomic E-state index is 8.77. The van der Waals surface area contributed by atoms with Crippen LogP contribution in [0.4, 0.5) is 0 Å². The summed E-state index contributed by atoms with van der Waals surface area (Å²) in [6.07, 6.45) is 0.815. The lowest BCUT2D eigenvalue weighted by Gasteiger charge is -1.81. The van der Waals surface area contributed by atoms with Gasteiger partial charge in [-0.1, -0.05) is 11.8 Å². The summed E-state index contributed by atoms with van der Waals surface area (Å²) in [6, 6.07) is 3.83. The Morgan fingerprint density at radius 1 is 1.50 bits per heavy atom. The smallest absolute Gasteiger partial charge is 0.0774 e. The predicted octanol–water partition coefficient (Wildman–Crippen LogP) is 1.91. The fraction of sp³-hybridized carbons (Fsp3) is 0.333. The third-order valence-electron chi connectivity index (χ3n) is 1.27. The van der Waals surface area contributed by atoms with Gasteiger partial charge in [-0.25, -0.2) is 0 Å². The molecule has 0 radical (unpaired) electrons. The van der Waals surface area contributed by atoms with Crippen LogP contribution in [0.3, 0.4) is 0 Å². The van der Waals surface area contributed by atoms with Crippen LogP contribution in [0, 0.1) is 11.8 Å². The highest BCUT2D eigenvalue weighted by Gasteiger charge is 1.93. The highest BCUT2D eigenvalue weighted by atomic mass is 32.1. The number of thiophene rings is 1. The summed E-state index contributed by atoms with van der Waals surface area (Å²) < 4.78 is 0. The Kier molecular flexibility index (Phi) is 4.23. The number of thiol groups is 1. The molecule has 0 fully saturated rings. The molecule has 12 heavy (non-hydrogen) atoms. The Hall–Kier alpha value is -0.430. The van der Waals surface area contributed by atoms with Crippen LogP contribution in [0.15, 0.2) is 12.1 Å². The van der Waals surface area contributed by atoms with Crippen molar-refractivity contribution in [2.24, 2.45) is 0 Å². The standard InChI is InChI=1S/C9H10OS2/c10-7-9-5-4-8(12-9)3-1-2-6-11/h4-5,10-11H,2,6-7H2. The third kappa shape index (κ3) is 2.90. The molecule has 0 saturated carbocycles. The fourth-order valence-electron chi connectivity index (χ4n) is 0.736. The van der Waals surface area contributed by atoms with Gasteiger partial charge in [0.2, 0.25) is 0 Å². The lowest BCUT2D eigenvalue weighted by atomic mass is 10.4. The van der Waals surface area contributed by atoms with Crippen LogP contribution in [0.2, 0.25) is 0 Å². The van der Waals surface area contributed by atoms with Crippen molar-refractivity contribution in [3.8, 4) is 11.8 Å². The van der Waals surface area contributed by atoms with Gasteiger partial charge in [0.15, 0.2) is 0 Å². The van der Waals surface area contributed by atoms with Crippen molar-refractivity contribution in [3.05, 3.63) is 21.9 Å². The summed E-state index contributed by atoms with van der Waals surface area (Å²) in [5.41, 5.74) is 0. The van der Waals surface area contributed by atoms with E-state index in [9.17, 15) is 0 Å². The quantitative estimate of drug-likeness (QED) is 0.549. The van der Waals surface area contributed by atoms with E-state index in [0.29, 0.717) is 0 Å². The van der Waals surface area contributed by atoms with Crippen LogP contribution in [0.5, 0.6) is 0 Å². The molecule has 0 aliphatic rings. The van der Waals surface area contributed by atoms with Gasteiger partial charge in [0.25, 0.3) is 0 Å². The molecule has 1 N–H and O–H groups in total. The van der Waals surface area contributed by atoms with Gasteiger partial charge in [-0.2, -0.15) is 12.6 Å². The molecule has 0 saturated heterocycles. The lowest BCUT2D eigenvalue weighted by Crippen LogP contribution is -1.70. The first kappa shape index (κ1) is 9.66. The maximum Gasteiger partial charge on any atom is 0.0774 e. The van der Waals surface area contributed by atoms with Gasteiger partial charge in [-0.15, -0.1) is 11.3 Å². The van der Waals surface area contributed by atoms with Crippen molar-refractivity contribution in [1.82, 2.24) is 0 Å². The van der Waals surface area contributed by atoms with Crippen molar-refractivity contribution in [1.29, 1.82) is 0 Å². The Bertz CT molecular complexity index is 293. The van der Waals surface area contributed by atoms with Crippen molar-refractivity contribution in [2.75, 3.05) is 5.75 Å². The van der Waals surface area contributed by atoms with Crippen LogP contribution in [-0.2, 0) is 6.61 Å². The van der Waals surface area contributed by atoms with Crippen LogP contribution >= 0.6 is 24.0 Å². The normalized spacial score (nSPS) is 9.17. The monoisotopic (exact) mass is 198 g/mol. The average Bonchev–Trinajstić information content (AvgIpc) is 2.53. The van der Waals surface area contributed by atoms with Crippen molar-refractivity contribution < 1.29 is 5.11 Å². The Labute approximate surface area is 81.8 Å². The second-order valence-electron chi connectivity index (χ2n) is 2.20. The zero-order valence-corrected chi connectivity index (χ0v) is 8.29. The van der Waals surface area contributed by atoms with E-state index in [2.05, 4.69) is 24.5 Å². The molecule has 0 spiro atoms. The van der Waals surface area contributed by atoms with E-state index < -0.39 is 0 Å². The van der Waals surface area contributed by atoms with Crippen LogP contribution in [0.1, 0.15) is 16.2 Å².